The second-order valence-corrected chi connectivity index (χ2v) is 5.84. The van der Waals surface area contributed by atoms with Crippen LogP contribution in [0.3, 0.4) is 0 Å². The van der Waals surface area contributed by atoms with E-state index in [-0.39, 0.29) is 12.1 Å². The van der Waals surface area contributed by atoms with Gasteiger partial charge in [-0.2, -0.15) is 0 Å². The Morgan fingerprint density at radius 3 is 2.52 bits per heavy atom. The van der Waals surface area contributed by atoms with Gasteiger partial charge >= 0.3 is 0 Å². The van der Waals surface area contributed by atoms with Gasteiger partial charge in [-0.1, -0.05) is 48.0 Å². The molecular formula is C19H25NO. The molecule has 2 aromatic rings. The van der Waals surface area contributed by atoms with Crippen molar-refractivity contribution >= 4 is 0 Å². The maximum absolute atomic E-state index is 6.38. The Kier molecular flexibility index (Phi) is 5.40. The predicted molar refractivity (Wildman–Crippen MR) is 88.6 cm³/mol. The highest BCUT2D eigenvalue weighted by molar-refractivity contribution is 5.36. The largest absolute Gasteiger partial charge is 0.491 e. The highest BCUT2D eigenvalue weighted by Crippen LogP contribution is 2.27. The Morgan fingerprint density at radius 2 is 1.81 bits per heavy atom. The molecule has 2 nitrogen and oxygen atoms in total. The number of rotatable bonds is 6. The monoisotopic (exact) mass is 283 g/mol. The summed E-state index contributed by atoms with van der Waals surface area (Å²) in [7, 11) is 0. The van der Waals surface area contributed by atoms with E-state index in [1.807, 2.05) is 32.0 Å². The summed E-state index contributed by atoms with van der Waals surface area (Å²) in [5.41, 5.74) is 10.1. The molecule has 0 bridgehead atoms. The van der Waals surface area contributed by atoms with E-state index in [2.05, 4.69) is 37.3 Å². The molecule has 112 valence electrons. The first-order valence-corrected chi connectivity index (χ1v) is 7.63. The van der Waals surface area contributed by atoms with E-state index in [1.54, 1.807) is 0 Å². The van der Waals surface area contributed by atoms with Gasteiger partial charge in [0.25, 0.3) is 0 Å². The maximum atomic E-state index is 6.38. The molecule has 2 N–H and O–H groups in total. The predicted octanol–water partition coefficient (Wildman–Crippen LogP) is 4.41. The minimum absolute atomic E-state index is 0.000428. The SMILES string of the molecule is Cc1cccc(CCC(N)c2ccccc2OC(C)C)c1. The summed E-state index contributed by atoms with van der Waals surface area (Å²) in [6.45, 7) is 6.19. The zero-order valence-corrected chi connectivity index (χ0v) is 13.2. The number of para-hydroxylation sites is 1. The molecule has 0 saturated heterocycles. The van der Waals surface area contributed by atoms with Crippen LogP contribution >= 0.6 is 0 Å². The van der Waals surface area contributed by atoms with Gasteiger partial charge < -0.3 is 10.5 Å². The number of hydrogen-bond acceptors (Lipinski definition) is 2. The van der Waals surface area contributed by atoms with Gasteiger partial charge in [-0.3, -0.25) is 0 Å². The average molecular weight is 283 g/mol. The van der Waals surface area contributed by atoms with Crippen molar-refractivity contribution in [1.29, 1.82) is 0 Å². The Labute approximate surface area is 127 Å². The quantitative estimate of drug-likeness (QED) is 0.852. The Morgan fingerprint density at radius 1 is 1.05 bits per heavy atom. The van der Waals surface area contributed by atoms with Crippen LogP contribution < -0.4 is 10.5 Å². The first-order chi connectivity index (χ1) is 10.1. The summed E-state index contributed by atoms with van der Waals surface area (Å²) in [6.07, 6.45) is 2.07. The van der Waals surface area contributed by atoms with Crippen LogP contribution in [0.5, 0.6) is 5.75 Å². The number of ether oxygens (including phenoxy) is 1. The minimum Gasteiger partial charge on any atom is -0.491 e. The fourth-order valence-electron chi connectivity index (χ4n) is 2.49. The first kappa shape index (κ1) is 15.6. The Bertz CT molecular complexity index is 577. The second kappa shape index (κ2) is 7.28. The number of aryl methyl sites for hydroxylation is 2. The van der Waals surface area contributed by atoms with E-state index < -0.39 is 0 Å². The molecule has 0 spiro atoms. The lowest BCUT2D eigenvalue weighted by atomic mass is 9.98. The van der Waals surface area contributed by atoms with Gasteiger partial charge in [-0.05, 0) is 45.2 Å². The van der Waals surface area contributed by atoms with Crippen molar-refractivity contribution in [1.82, 2.24) is 0 Å². The van der Waals surface area contributed by atoms with Crippen molar-refractivity contribution in [3.63, 3.8) is 0 Å². The maximum Gasteiger partial charge on any atom is 0.124 e. The molecule has 2 aromatic carbocycles. The molecule has 0 aromatic heterocycles. The van der Waals surface area contributed by atoms with Crippen LogP contribution in [0.25, 0.3) is 0 Å². The van der Waals surface area contributed by atoms with Crippen LogP contribution in [0, 0.1) is 6.92 Å². The van der Waals surface area contributed by atoms with Crippen molar-refractivity contribution in [2.75, 3.05) is 0 Å². The number of nitrogens with two attached hydrogens (primary N) is 1. The van der Waals surface area contributed by atoms with Crippen LogP contribution in [-0.2, 0) is 6.42 Å². The molecular weight excluding hydrogens is 258 g/mol. The third kappa shape index (κ3) is 4.61. The number of benzene rings is 2. The van der Waals surface area contributed by atoms with E-state index in [4.69, 9.17) is 10.5 Å². The smallest absolute Gasteiger partial charge is 0.124 e. The molecule has 0 heterocycles. The summed E-state index contributed by atoms with van der Waals surface area (Å²) in [5, 5.41) is 0. The van der Waals surface area contributed by atoms with Crippen LogP contribution in [0.4, 0.5) is 0 Å². The van der Waals surface area contributed by atoms with Crippen LogP contribution in [0.15, 0.2) is 48.5 Å². The molecule has 2 heteroatoms. The summed E-state index contributed by atoms with van der Waals surface area (Å²) < 4.78 is 5.86. The molecule has 0 aliphatic rings. The molecule has 0 aliphatic carbocycles. The summed E-state index contributed by atoms with van der Waals surface area (Å²) in [5.74, 6) is 0.907. The van der Waals surface area contributed by atoms with Crippen molar-refractivity contribution in [3.05, 3.63) is 65.2 Å². The van der Waals surface area contributed by atoms with Gasteiger partial charge in [0.15, 0.2) is 0 Å². The molecule has 1 unspecified atom stereocenters. The highest BCUT2D eigenvalue weighted by atomic mass is 16.5. The zero-order valence-electron chi connectivity index (χ0n) is 13.2. The van der Waals surface area contributed by atoms with E-state index in [9.17, 15) is 0 Å². The van der Waals surface area contributed by atoms with Crippen molar-refractivity contribution < 1.29 is 4.74 Å². The standard InChI is InChI=1S/C19H25NO/c1-14(2)21-19-10-5-4-9-17(19)18(20)12-11-16-8-6-7-15(3)13-16/h4-10,13-14,18H,11-12,20H2,1-3H3. The molecule has 0 fully saturated rings. The summed E-state index contributed by atoms with van der Waals surface area (Å²) >= 11 is 0. The fourth-order valence-corrected chi connectivity index (χ4v) is 2.49. The van der Waals surface area contributed by atoms with Gasteiger partial charge in [-0.15, -0.1) is 0 Å². The summed E-state index contributed by atoms with van der Waals surface area (Å²) in [6, 6.07) is 16.7. The van der Waals surface area contributed by atoms with Crippen molar-refractivity contribution in [2.24, 2.45) is 5.73 Å². The lowest BCUT2D eigenvalue weighted by molar-refractivity contribution is 0.238. The normalized spacial score (nSPS) is 12.4. The van der Waals surface area contributed by atoms with Crippen molar-refractivity contribution in [2.45, 2.75) is 45.8 Å². The van der Waals surface area contributed by atoms with Gasteiger partial charge in [-0.25, -0.2) is 0 Å². The number of hydrogen-bond donors (Lipinski definition) is 1. The third-order valence-corrected chi connectivity index (χ3v) is 3.51. The first-order valence-electron chi connectivity index (χ1n) is 7.63. The lowest BCUT2D eigenvalue weighted by Gasteiger charge is -2.18. The summed E-state index contributed by atoms with van der Waals surface area (Å²) in [4.78, 5) is 0. The van der Waals surface area contributed by atoms with Gasteiger partial charge in [0.05, 0.1) is 6.10 Å². The topological polar surface area (TPSA) is 35.2 Å². The minimum atomic E-state index is 0.000428. The van der Waals surface area contributed by atoms with Crippen molar-refractivity contribution in [3.8, 4) is 5.75 Å². The van der Waals surface area contributed by atoms with Crippen LogP contribution in [0.1, 0.15) is 43.0 Å². The molecule has 2 rings (SSSR count). The van der Waals surface area contributed by atoms with E-state index in [0.29, 0.717) is 0 Å². The fraction of sp³-hybridized carbons (Fsp3) is 0.368. The second-order valence-electron chi connectivity index (χ2n) is 5.84. The van der Waals surface area contributed by atoms with Gasteiger partial charge in [0.1, 0.15) is 5.75 Å². The van der Waals surface area contributed by atoms with Gasteiger partial charge in [0.2, 0.25) is 0 Å². The van der Waals surface area contributed by atoms with E-state index >= 15 is 0 Å². The van der Waals surface area contributed by atoms with Crippen LogP contribution in [0.2, 0.25) is 0 Å². The molecule has 0 radical (unpaired) electrons. The lowest BCUT2D eigenvalue weighted by Crippen LogP contribution is -2.15. The molecule has 0 saturated carbocycles. The Hall–Kier alpha value is -1.80. The Balaban J connectivity index is 2.04. The third-order valence-electron chi connectivity index (χ3n) is 3.51. The van der Waals surface area contributed by atoms with Gasteiger partial charge in [0, 0.05) is 11.6 Å². The molecule has 21 heavy (non-hydrogen) atoms. The van der Waals surface area contributed by atoms with E-state index in [0.717, 1.165) is 24.2 Å². The molecule has 1 atom stereocenters. The molecule has 0 aliphatic heterocycles. The van der Waals surface area contributed by atoms with E-state index in [1.165, 1.54) is 11.1 Å². The highest BCUT2D eigenvalue weighted by Gasteiger charge is 2.12. The average Bonchev–Trinajstić information content (AvgIpc) is 2.45. The molecule has 0 amide bonds. The van der Waals surface area contributed by atoms with Crippen LogP contribution in [-0.4, -0.2) is 6.10 Å². The zero-order chi connectivity index (χ0) is 15.2.